The zero-order valence-corrected chi connectivity index (χ0v) is 10.1. The zero-order valence-electron chi connectivity index (χ0n) is 10.1. The monoisotopic (exact) mass is 222 g/mol. The lowest BCUT2D eigenvalue weighted by Gasteiger charge is -2.31. The molecule has 2 bridgehead atoms. The molecule has 2 fully saturated rings. The molecule has 0 aromatic carbocycles. The molecule has 0 aromatic rings. The number of piperidine rings is 1. The van der Waals surface area contributed by atoms with Gasteiger partial charge in [-0.25, -0.2) is 4.79 Å². The first-order valence-electron chi connectivity index (χ1n) is 5.80. The Hall–Kier alpha value is -1.24. The molecule has 2 rings (SSSR count). The van der Waals surface area contributed by atoms with Gasteiger partial charge in [0.1, 0.15) is 5.60 Å². The molecular formula is C12H18N2O2. The van der Waals surface area contributed by atoms with Crippen molar-refractivity contribution in [1.82, 2.24) is 4.90 Å². The molecule has 0 N–H and O–H groups in total. The minimum atomic E-state index is -0.437. The van der Waals surface area contributed by atoms with Gasteiger partial charge in [0.25, 0.3) is 0 Å². The lowest BCUT2D eigenvalue weighted by Crippen LogP contribution is -2.42. The number of amides is 1. The van der Waals surface area contributed by atoms with E-state index >= 15 is 0 Å². The predicted octanol–water partition coefficient (Wildman–Crippen LogP) is 2.16. The highest BCUT2D eigenvalue weighted by Gasteiger charge is 2.47. The average Bonchev–Trinajstić information content (AvgIpc) is 2.72. The van der Waals surface area contributed by atoms with Gasteiger partial charge in [-0.3, -0.25) is 0 Å². The van der Waals surface area contributed by atoms with Gasteiger partial charge in [0.05, 0.1) is 12.0 Å². The SMILES string of the molecule is CC(C)(C)OC(=O)N1CC2CC1CC2C#N. The number of hydrogen-bond donors (Lipinski definition) is 0. The molecule has 1 heterocycles. The number of likely N-dealkylation sites (tertiary alicyclic amines) is 1. The summed E-state index contributed by atoms with van der Waals surface area (Å²) < 4.78 is 5.35. The fraction of sp³-hybridized carbons (Fsp3) is 0.833. The van der Waals surface area contributed by atoms with E-state index in [1.807, 2.05) is 20.8 Å². The third kappa shape index (κ3) is 1.99. The molecule has 1 aliphatic heterocycles. The normalized spacial score (nSPS) is 32.6. The van der Waals surface area contributed by atoms with E-state index in [-0.39, 0.29) is 18.1 Å². The summed E-state index contributed by atoms with van der Waals surface area (Å²) >= 11 is 0. The van der Waals surface area contributed by atoms with Crippen LogP contribution in [0.25, 0.3) is 0 Å². The smallest absolute Gasteiger partial charge is 0.410 e. The standard InChI is InChI=1S/C12H18N2O2/c1-12(2,3)16-11(15)14-7-9-5-10(14)4-8(9)6-13/h8-10H,4-5,7H2,1-3H3. The van der Waals surface area contributed by atoms with Gasteiger partial charge in [-0.05, 0) is 39.5 Å². The van der Waals surface area contributed by atoms with Crippen molar-refractivity contribution in [2.75, 3.05) is 6.54 Å². The molecular weight excluding hydrogens is 204 g/mol. The molecule has 1 aliphatic carbocycles. The van der Waals surface area contributed by atoms with Gasteiger partial charge in [0.15, 0.2) is 0 Å². The van der Waals surface area contributed by atoms with Gasteiger partial charge in [0.2, 0.25) is 0 Å². The Labute approximate surface area is 96.2 Å². The summed E-state index contributed by atoms with van der Waals surface area (Å²) in [5.41, 5.74) is -0.437. The van der Waals surface area contributed by atoms with Crippen molar-refractivity contribution in [3.8, 4) is 6.07 Å². The van der Waals surface area contributed by atoms with Crippen molar-refractivity contribution < 1.29 is 9.53 Å². The summed E-state index contributed by atoms with van der Waals surface area (Å²) in [5, 5.41) is 8.91. The molecule has 88 valence electrons. The van der Waals surface area contributed by atoms with Crippen LogP contribution in [-0.4, -0.2) is 29.2 Å². The number of carbonyl (C=O) groups is 1. The van der Waals surface area contributed by atoms with Crippen LogP contribution < -0.4 is 0 Å². The average molecular weight is 222 g/mol. The number of nitrogens with zero attached hydrogens (tertiary/aromatic N) is 2. The van der Waals surface area contributed by atoms with E-state index in [4.69, 9.17) is 10.00 Å². The van der Waals surface area contributed by atoms with Gasteiger partial charge in [-0.1, -0.05) is 0 Å². The van der Waals surface area contributed by atoms with Crippen molar-refractivity contribution >= 4 is 6.09 Å². The van der Waals surface area contributed by atoms with Gasteiger partial charge < -0.3 is 9.64 Å². The van der Waals surface area contributed by atoms with Crippen LogP contribution in [0.4, 0.5) is 4.79 Å². The molecule has 1 saturated heterocycles. The highest BCUT2D eigenvalue weighted by atomic mass is 16.6. The third-order valence-electron chi connectivity index (χ3n) is 3.34. The second-order valence-corrected chi connectivity index (χ2v) is 5.75. The van der Waals surface area contributed by atoms with E-state index in [0.717, 1.165) is 12.8 Å². The fourth-order valence-electron chi connectivity index (χ4n) is 2.66. The Morgan fingerprint density at radius 2 is 2.12 bits per heavy atom. The number of ether oxygens (including phenoxy) is 1. The molecule has 1 saturated carbocycles. The Morgan fingerprint density at radius 1 is 1.44 bits per heavy atom. The molecule has 0 aromatic heterocycles. The van der Waals surface area contributed by atoms with E-state index in [0.29, 0.717) is 12.5 Å². The fourth-order valence-corrected chi connectivity index (χ4v) is 2.66. The summed E-state index contributed by atoms with van der Waals surface area (Å²) in [6, 6.07) is 2.55. The summed E-state index contributed by atoms with van der Waals surface area (Å²) in [4.78, 5) is 13.7. The Bertz CT molecular complexity index is 340. The van der Waals surface area contributed by atoms with E-state index in [2.05, 4.69) is 6.07 Å². The van der Waals surface area contributed by atoms with Crippen molar-refractivity contribution in [1.29, 1.82) is 5.26 Å². The second kappa shape index (κ2) is 3.65. The highest BCUT2D eigenvalue weighted by molar-refractivity contribution is 5.69. The maximum Gasteiger partial charge on any atom is 0.410 e. The van der Waals surface area contributed by atoms with Gasteiger partial charge in [0, 0.05) is 12.6 Å². The van der Waals surface area contributed by atoms with Crippen LogP contribution in [-0.2, 0) is 4.74 Å². The van der Waals surface area contributed by atoms with Gasteiger partial charge in [-0.2, -0.15) is 5.26 Å². The molecule has 3 atom stereocenters. The van der Waals surface area contributed by atoms with E-state index in [9.17, 15) is 4.79 Å². The van der Waals surface area contributed by atoms with Crippen molar-refractivity contribution in [2.24, 2.45) is 11.8 Å². The molecule has 1 amide bonds. The number of carbonyl (C=O) groups excluding carboxylic acids is 1. The number of hydrogen-bond acceptors (Lipinski definition) is 3. The van der Waals surface area contributed by atoms with Crippen molar-refractivity contribution in [2.45, 2.75) is 45.3 Å². The summed E-state index contributed by atoms with van der Waals surface area (Å²) in [5.74, 6) is 0.506. The number of rotatable bonds is 0. The summed E-state index contributed by atoms with van der Waals surface area (Å²) in [6.45, 7) is 6.31. The minimum absolute atomic E-state index is 0.142. The minimum Gasteiger partial charge on any atom is -0.444 e. The zero-order chi connectivity index (χ0) is 11.9. The van der Waals surface area contributed by atoms with E-state index in [1.165, 1.54) is 0 Å². The molecule has 3 unspecified atom stereocenters. The Morgan fingerprint density at radius 3 is 2.56 bits per heavy atom. The predicted molar refractivity (Wildman–Crippen MR) is 58.6 cm³/mol. The van der Waals surface area contributed by atoms with E-state index in [1.54, 1.807) is 4.90 Å². The lowest BCUT2D eigenvalue weighted by atomic mass is 9.96. The van der Waals surface area contributed by atoms with Crippen LogP contribution in [0.5, 0.6) is 0 Å². The molecule has 4 heteroatoms. The van der Waals surface area contributed by atoms with Crippen LogP contribution in [0.1, 0.15) is 33.6 Å². The third-order valence-corrected chi connectivity index (χ3v) is 3.34. The van der Waals surface area contributed by atoms with Crippen LogP contribution in [0.2, 0.25) is 0 Å². The van der Waals surface area contributed by atoms with E-state index < -0.39 is 5.60 Å². The lowest BCUT2D eigenvalue weighted by molar-refractivity contribution is 0.0175. The van der Waals surface area contributed by atoms with Crippen LogP contribution >= 0.6 is 0 Å². The van der Waals surface area contributed by atoms with Crippen LogP contribution in [0, 0.1) is 23.2 Å². The topological polar surface area (TPSA) is 53.3 Å². The van der Waals surface area contributed by atoms with Crippen LogP contribution in [0.3, 0.4) is 0 Å². The molecule has 0 radical (unpaired) electrons. The molecule has 4 nitrogen and oxygen atoms in total. The molecule has 16 heavy (non-hydrogen) atoms. The molecule has 2 aliphatic rings. The quantitative estimate of drug-likeness (QED) is 0.631. The van der Waals surface area contributed by atoms with Gasteiger partial charge >= 0.3 is 6.09 Å². The first-order valence-corrected chi connectivity index (χ1v) is 5.80. The second-order valence-electron chi connectivity index (χ2n) is 5.75. The van der Waals surface area contributed by atoms with Gasteiger partial charge in [-0.15, -0.1) is 0 Å². The number of nitriles is 1. The first-order chi connectivity index (χ1) is 7.40. The maximum absolute atomic E-state index is 11.9. The van der Waals surface area contributed by atoms with Crippen molar-refractivity contribution in [3.63, 3.8) is 0 Å². The van der Waals surface area contributed by atoms with Crippen LogP contribution in [0.15, 0.2) is 0 Å². The Kier molecular flexibility index (Phi) is 2.57. The highest BCUT2D eigenvalue weighted by Crippen LogP contribution is 2.42. The Balaban J connectivity index is 1.96. The summed E-state index contributed by atoms with van der Waals surface area (Å²) in [6.07, 6.45) is 1.56. The van der Waals surface area contributed by atoms with Crippen molar-refractivity contribution in [3.05, 3.63) is 0 Å². The maximum atomic E-state index is 11.9. The largest absolute Gasteiger partial charge is 0.444 e. The molecule has 0 spiro atoms. The first kappa shape index (κ1) is 11.3. The number of fused-ring (bicyclic) bond motifs is 2. The summed E-state index contributed by atoms with van der Waals surface area (Å²) in [7, 11) is 0.